The molecule has 4 heteroatoms. The first-order chi connectivity index (χ1) is 15.9. The fraction of sp³-hybridized carbons (Fsp3) is 0.933. The first-order valence-corrected chi connectivity index (χ1v) is 14.2. The summed E-state index contributed by atoms with van der Waals surface area (Å²) < 4.78 is 11.2. The van der Waals surface area contributed by atoms with Gasteiger partial charge in [0.25, 0.3) is 0 Å². The molecule has 0 spiro atoms. The highest BCUT2D eigenvalue weighted by molar-refractivity contribution is 5.75. The van der Waals surface area contributed by atoms with Gasteiger partial charge in [0.05, 0.1) is 25.0 Å². The molecule has 0 aromatic rings. The number of carbonyl (C=O) groups is 2. The van der Waals surface area contributed by atoms with Gasteiger partial charge in [-0.1, -0.05) is 68.2 Å². The van der Waals surface area contributed by atoms with Crippen molar-refractivity contribution < 1.29 is 19.1 Å². The van der Waals surface area contributed by atoms with Gasteiger partial charge in [0.15, 0.2) is 0 Å². The van der Waals surface area contributed by atoms with Crippen molar-refractivity contribution in [2.24, 2.45) is 34.5 Å². The van der Waals surface area contributed by atoms with Crippen LogP contribution in [-0.4, -0.2) is 25.2 Å². The van der Waals surface area contributed by atoms with Crippen molar-refractivity contribution in [2.75, 3.05) is 13.2 Å². The summed E-state index contributed by atoms with van der Waals surface area (Å²) in [6.07, 6.45) is 11.8. The van der Waals surface area contributed by atoms with E-state index in [1.165, 1.54) is 25.7 Å². The van der Waals surface area contributed by atoms with Gasteiger partial charge in [0.1, 0.15) is 0 Å². The highest BCUT2D eigenvalue weighted by atomic mass is 16.5. The van der Waals surface area contributed by atoms with Crippen LogP contribution in [0.25, 0.3) is 0 Å². The van der Waals surface area contributed by atoms with Crippen LogP contribution in [0, 0.1) is 34.5 Å². The van der Waals surface area contributed by atoms with Crippen LogP contribution in [0.15, 0.2) is 0 Å². The van der Waals surface area contributed by atoms with E-state index >= 15 is 0 Å². The Kier molecular flexibility index (Phi) is 13.8. The molecule has 0 bridgehead atoms. The molecular weight excluding hydrogens is 424 g/mol. The first-order valence-electron chi connectivity index (χ1n) is 14.2. The van der Waals surface area contributed by atoms with Gasteiger partial charge in [-0.25, -0.2) is 0 Å². The molecule has 1 fully saturated rings. The van der Waals surface area contributed by atoms with Gasteiger partial charge in [0, 0.05) is 0 Å². The van der Waals surface area contributed by atoms with Crippen molar-refractivity contribution in [2.45, 2.75) is 132 Å². The second-order valence-electron chi connectivity index (χ2n) is 12.9. The Balaban J connectivity index is 2.22. The van der Waals surface area contributed by atoms with Gasteiger partial charge >= 0.3 is 11.9 Å². The van der Waals surface area contributed by atoms with Crippen LogP contribution in [-0.2, 0) is 19.1 Å². The van der Waals surface area contributed by atoms with Gasteiger partial charge in [-0.15, -0.1) is 0 Å². The van der Waals surface area contributed by atoms with E-state index in [-0.39, 0.29) is 23.8 Å². The lowest BCUT2D eigenvalue weighted by molar-refractivity contribution is -0.155. The van der Waals surface area contributed by atoms with Crippen molar-refractivity contribution in [3.05, 3.63) is 0 Å². The predicted octanol–water partition coefficient (Wildman–Crippen LogP) is 8.36. The molecule has 1 rings (SSSR count). The Morgan fingerprint density at radius 1 is 0.706 bits per heavy atom. The number of rotatable bonds is 16. The van der Waals surface area contributed by atoms with Crippen molar-refractivity contribution in [1.82, 2.24) is 0 Å². The zero-order chi connectivity index (χ0) is 25.8. The summed E-state index contributed by atoms with van der Waals surface area (Å²) in [5.41, 5.74) is 0.591. The van der Waals surface area contributed by atoms with Gasteiger partial charge in [-0.3, -0.25) is 9.59 Å². The normalized spacial score (nSPS) is 21.1. The minimum atomic E-state index is -0.0740. The molecule has 0 aromatic heterocycles. The molecule has 0 aliphatic heterocycles. The first kappa shape index (κ1) is 31.0. The topological polar surface area (TPSA) is 52.6 Å². The number of carbonyl (C=O) groups excluding carboxylic acids is 2. The van der Waals surface area contributed by atoms with Crippen LogP contribution >= 0.6 is 0 Å². The molecule has 200 valence electrons. The van der Waals surface area contributed by atoms with Crippen molar-refractivity contribution >= 4 is 11.9 Å². The number of ether oxygens (including phenoxy) is 2. The van der Waals surface area contributed by atoms with Crippen molar-refractivity contribution in [1.29, 1.82) is 0 Å². The molecule has 1 saturated carbocycles. The van der Waals surface area contributed by atoms with Crippen molar-refractivity contribution in [3.63, 3.8) is 0 Å². The monoisotopic (exact) mass is 480 g/mol. The molecule has 0 N–H and O–H groups in total. The summed E-state index contributed by atoms with van der Waals surface area (Å²) in [4.78, 5) is 25.0. The van der Waals surface area contributed by atoms with Crippen LogP contribution < -0.4 is 0 Å². The van der Waals surface area contributed by atoms with Crippen molar-refractivity contribution in [3.8, 4) is 0 Å². The Labute approximate surface area is 211 Å². The summed E-state index contributed by atoms with van der Waals surface area (Å²) in [5, 5.41) is 0. The fourth-order valence-electron chi connectivity index (χ4n) is 5.63. The molecule has 0 saturated heterocycles. The zero-order valence-corrected chi connectivity index (χ0v) is 23.8. The van der Waals surface area contributed by atoms with Crippen LogP contribution in [0.2, 0.25) is 0 Å². The molecule has 1 aliphatic carbocycles. The fourth-order valence-corrected chi connectivity index (χ4v) is 5.63. The predicted molar refractivity (Wildman–Crippen MR) is 142 cm³/mol. The lowest BCUT2D eigenvalue weighted by Gasteiger charge is -2.29. The minimum absolute atomic E-state index is 0.0569. The maximum absolute atomic E-state index is 12.5. The zero-order valence-electron chi connectivity index (χ0n) is 23.8. The van der Waals surface area contributed by atoms with E-state index in [0.717, 1.165) is 63.2 Å². The summed E-state index contributed by atoms with van der Waals surface area (Å²) in [6, 6.07) is 0. The molecule has 0 radical (unpaired) electrons. The largest absolute Gasteiger partial charge is 0.465 e. The lowest BCUT2D eigenvalue weighted by atomic mass is 9.79. The Morgan fingerprint density at radius 2 is 1.03 bits per heavy atom. The van der Waals surface area contributed by atoms with E-state index in [1.807, 2.05) is 0 Å². The van der Waals surface area contributed by atoms with E-state index in [2.05, 4.69) is 55.4 Å². The Hall–Kier alpha value is -1.06. The molecule has 2 atom stereocenters. The molecule has 0 heterocycles. The Bertz CT molecular complexity index is 535. The molecule has 4 nitrogen and oxygen atoms in total. The SMILES string of the molecule is CCC(C)CC(C)(C)CCCOC(=O)C1CCC(C(=O)OCCCC(C)(C)CC(C)CC)CC1. The van der Waals surface area contributed by atoms with Crippen LogP contribution in [0.4, 0.5) is 0 Å². The van der Waals surface area contributed by atoms with E-state index < -0.39 is 0 Å². The van der Waals surface area contributed by atoms with E-state index in [1.54, 1.807) is 0 Å². The maximum Gasteiger partial charge on any atom is 0.308 e. The second kappa shape index (κ2) is 15.1. The summed E-state index contributed by atoms with van der Waals surface area (Å²) >= 11 is 0. The van der Waals surface area contributed by atoms with E-state index in [9.17, 15) is 9.59 Å². The van der Waals surface area contributed by atoms with Gasteiger partial charge in [-0.2, -0.15) is 0 Å². The van der Waals surface area contributed by atoms with Crippen LogP contribution in [0.3, 0.4) is 0 Å². The summed E-state index contributed by atoms with van der Waals surface area (Å²) in [7, 11) is 0. The average Bonchev–Trinajstić information content (AvgIpc) is 2.78. The summed E-state index contributed by atoms with van der Waals surface area (Å²) in [6.45, 7) is 19.4. The molecule has 2 unspecified atom stereocenters. The van der Waals surface area contributed by atoms with E-state index in [0.29, 0.717) is 24.0 Å². The van der Waals surface area contributed by atoms with Gasteiger partial charge in [-0.05, 0) is 86.9 Å². The second-order valence-corrected chi connectivity index (χ2v) is 12.9. The van der Waals surface area contributed by atoms with Gasteiger partial charge in [0.2, 0.25) is 0 Å². The third kappa shape index (κ3) is 12.6. The van der Waals surface area contributed by atoms with Crippen LogP contribution in [0.1, 0.15) is 132 Å². The highest BCUT2D eigenvalue weighted by Crippen LogP contribution is 2.34. The lowest BCUT2D eigenvalue weighted by Crippen LogP contribution is -2.29. The average molecular weight is 481 g/mol. The standard InChI is InChI=1S/C30H56O4/c1-9-23(3)21-29(5,6)17-11-19-33-27(31)25-13-15-26(16-14-25)28(32)34-20-12-18-30(7,8)22-24(4)10-2/h23-26H,9-22H2,1-8H3. The smallest absolute Gasteiger partial charge is 0.308 e. The maximum atomic E-state index is 12.5. The summed E-state index contributed by atoms with van der Waals surface area (Å²) in [5.74, 6) is 1.21. The highest BCUT2D eigenvalue weighted by Gasteiger charge is 2.32. The van der Waals surface area contributed by atoms with E-state index in [4.69, 9.17) is 9.47 Å². The molecule has 0 aromatic carbocycles. The number of hydrogen-bond donors (Lipinski definition) is 0. The van der Waals surface area contributed by atoms with Crippen LogP contribution in [0.5, 0.6) is 0 Å². The molecule has 1 aliphatic rings. The molecular formula is C30H56O4. The quantitative estimate of drug-likeness (QED) is 0.164. The third-order valence-electron chi connectivity index (χ3n) is 8.07. The third-order valence-corrected chi connectivity index (χ3v) is 8.07. The molecule has 0 amide bonds. The van der Waals surface area contributed by atoms with Gasteiger partial charge < -0.3 is 9.47 Å². The number of hydrogen-bond acceptors (Lipinski definition) is 4. The Morgan fingerprint density at radius 3 is 1.32 bits per heavy atom. The number of esters is 2. The minimum Gasteiger partial charge on any atom is -0.465 e. The molecule has 34 heavy (non-hydrogen) atoms.